The summed E-state index contributed by atoms with van der Waals surface area (Å²) in [4.78, 5) is 14.6. The van der Waals surface area contributed by atoms with Gasteiger partial charge >= 0.3 is 0 Å². The lowest BCUT2D eigenvalue weighted by Gasteiger charge is -2.33. The second kappa shape index (κ2) is 8.75. The molecule has 160 valence electrons. The molecular weight excluding hydrogens is 402 g/mol. The van der Waals surface area contributed by atoms with Crippen LogP contribution in [-0.4, -0.2) is 68.9 Å². The van der Waals surface area contributed by atoms with Gasteiger partial charge in [0, 0.05) is 32.6 Å². The van der Waals surface area contributed by atoms with Gasteiger partial charge in [-0.25, -0.2) is 8.42 Å². The van der Waals surface area contributed by atoms with Crippen molar-refractivity contribution in [2.75, 3.05) is 39.3 Å². The van der Waals surface area contributed by atoms with E-state index in [9.17, 15) is 13.2 Å². The summed E-state index contributed by atoms with van der Waals surface area (Å²) in [7, 11) is -3.49. The molecule has 1 atom stereocenters. The molecule has 0 radical (unpaired) electrons. The number of benzene rings is 2. The Bertz CT molecular complexity index is 974. The van der Waals surface area contributed by atoms with Crippen LogP contribution in [0.1, 0.15) is 11.1 Å². The van der Waals surface area contributed by atoms with Crippen LogP contribution in [-0.2, 0) is 21.2 Å². The molecule has 0 bridgehead atoms. The van der Waals surface area contributed by atoms with Crippen LogP contribution in [0, 0.1) is 6.92 Å². The average molecular weight is 430 g/mol. The van der Waals surface area contributed by atoms with Gasteiger partial charge in [-0.05, 0) is 30.7 Å². The first-order valence-electron chi connectivity index (χ1n) is 10.2. The third-order valence-electron chi connectivity index (χ3n) is 5.60. The van der Waals surface area contributed by atoms with E-state index >= 15 is 0 Å². The number of sulfonamides is 1. The zero-order valence-electron chi connectivity index (χ0n) is 17.1. The summed E-state index contributed by atoms with van der Waals surface area (Å²) in [5.74, 6) is 0.826. The number of ether oxygens (including phenoxy) is 1. The molecule has 1 unspecified atom stereocenters. The quantitative estimate of drug-likeness (QED) is 0.752. The van der Waals surface area contributed by atoms with Crippen molar-refractivity contribution in [3.63, 3.8) is 0 Å². The minimum absolute atomic E-state index is 0.0390. The summed E-state index contributed by atoms with van der Waals surface area (Å²) in [5.41, 5.74) is 2.19. The fourth-order valence-electron chi connectivity index (χ4n) is 3.84. The lowest BCUT2D eigenvalue weighted by Crippen LogP contribution is -2.51. The molecule has 2 aliphatic heterocycles. The SMILES string of the molecule is Cc1ccc(S(=O)(=O)N2CCN(CC(=O)NCC3Cc4ccccc4O3)CC2)cc1. The van der Waals surface area contributed by atoms with Crippen molar-refractivity contribution < 1.29 is 17.9 Å². The van der Waals surface area contributed by atoms with Gasteiger partial charge in [0.05, 0.1) is 18.0 Å². The van der Waals surface area contributed by atoms with Gasteiger partial charge in [0.2, 0.25) is 15.9 Å². The highest BCUT2D eigenvalue weighted by Gasteiger charge is 2.29. The van der Waals surface area contributed by atoms with Gasteiger partial charge in [-0.15, -0.1) is 0 Å². The second-order valence-electron chi connectivity index (χ2n) is 7.85. The molecule has 1 amide bonds. The largest absolute Gasteiger partial charge is 0.488 e. The van der Waals surface area contributed by atoms with Crippen LogP contribution < -0.4 is 10.1 Å². The maximum Gasteiger partial charge on any atom is 0.243 e. The Morgan fingerprint density at radius 3 is 2.47 bits per heavy atom. The van der Waals surface area contributed by atoms with Gasteiger partial charge in [0.1, 0.15) is 11.9 Å². The van der Waals surface area contributed by atoms with E-state index in [0.717, 1.165) is 17.7 Å². The maximum absolute atomic E-state index is 12.8. The van der Waals surface area contributed by atoms with Crippen molar-refractivity contribution in [1.29, 1.82) is 0 Å². The van der Waals surface area contributed by atoms with Crippen molar-refractivity contribution in [2.24, 2.45) is 0 Å². The van der Waals surface area contributed by atoms with Crippen molar-refractivity contribution in [1.82, 2.24) is 14.5 Å². The zero-order valence-corrected chi connectivity index (χ0v) is 17.9. The van der Waals surface area contributed by atoms with Gasteiger partial charge in [0.25, 0.3) is 0 Å². The van der Waals surface area contributed by atoms with E-state index in [2.05, 4.69) is 5.32 Å². The Balaban J connectivity index is 1.22. The fraction of sp³-hybridized carbons (Fsp3) is 0.409. The normalized spacial score (nSPS) is 19.8. The predicted molar refractivity (Wildman–Crippen MR) is 114 cm³/mol. The minimum atomic E-state index is -3.49. The molecule has 0 saturated carbocycles. The van der Waals surface area contributed by atoms with Crippen molar-refractivity contribution in [2.45, 2.75) is 24.3 Å². The maximum atomic E-state index is 12.8. The van der Waals surface area contributed by atoms with Crippen LogP contribution in [0.25, 0.3) is 0 Å². The number of para-hydroxylation sites is 1. The van der Waals surface area contributed by atoms with Gasteiger partial charge in [-0.3, -0.25) is 9.69 Å². The van der Waals surface area contributed by atoms with E-state index in [4.69, 9.17) is 4.74 Å². The van der Waals surface area contributed by atoms with E-state index in [1.807, 2.05) is 36.1 Å². The molecular formula is C22H27N3O4S. The number of carbonyl (C=O) groups excluding carboxylic acids is 1. The highest BCUT2D eigenvalue weighted by molar-refractivity contribution is 7.89. The number of amides is 1. The third-order valence-corrected chi connectivity index (χ3v) is 7.51. The average Bonchev–Trinajstić information content (AvgIpc) is 3.16. The first-order chi connectivity index (χ1) is 14.4. The van der Waals surface area contributed by atoms with Crippen molar-refractivity contribution in [3.8, 4) is 5.75 Å². The number of carbonyl (C=O) groups is 1. The van der Waals surface area contributed by atoms with E-state index < -0.39 is 10.0 Å². The third kappa shape index (κ3) is 4.66. The number of hydrogen-bond acceptors (Lipinski definition) is 5. The van der Waals surface area contributed by atoms with Crippen LogP contribution in [0.4, 0.5) is 0 Å². The standard InChI is InChI=1S/C22H27N3O4S/c1-17-6-8-20(9-7-17)30(27,28)25-12-10-24(11-13-25)16-22(26)23-15-19-14-18-4-2-3-5-21(18)29-19/h2-9,19H,10-16H2,1H3,(H,23,26). The number of piperazine rings is 1. The lowest BCUT2D eigenvalue weighted by atomic mass is 10.1. The Morgan fingerprint density at radius 2 is 1.77 bits per heavy atom. The van der Waals surface area contributed by atoms with Gasteiger partial charge in [-0.2, -0.15) is 4.31 Å². The summed E-state index contributed by atoms with van der Waals surface area (Å²) >= 11 is 0. The minimum Gasteiger partial charge on any atom is -0.488 e. The zero-order chi connectivity index (χ0) is 21.1. The summed E-state index contributed by atoms with van der Waals surface area (Å²) in [5, 5.41) is 2.94. The number of nitrogens with one attached hydrogen (secondary N) is 1. The van der Waals surface area contributed by atoms with Crippen LogP contribution >= 0.6 is 0 Å². The van der Waals surface area contributed by atoms with E-state index in [1.165, 1.54) is 9.87 Å². The molecule has 1 N–H and O–H groups in total. The molecule has 4 rings (SSSR count). The number of nitrogens with zero attached hydrogens (tertiary/aromatic N) is 2. The van der Waals surface area contributed by atoms with Crippen molar-refractivity contribution in [3.05, 3.63) is 59.7 Å². The Morgan fingerprint density at radius 1 is 1.07 bits per heavy atom. The smallest absolute Gasteiger partial charge is 0.243 e. The summed E-state index contributed by atoms with van der Waals surface area (Å²) < 4.78 is 32.9. The van der Waals surface area contributed by atoms with Gasteiger partial charge in [-0.1, -0.05) is 35.9 Å². The molecule has 2 heterocycles. The molecule has 0 aromatic heterocycles. The van der Waals surface area contributed by atoms with Crippen LogP contribution in [0.3, 0.4) is 0 Å². The summed E-state index contributed by atoms with van der Waals surface area (Å²) in [6.07, 6.45) is 0.759. The molecule has 7 nitrogen and oxygen atoms in total. The fourth-order valence-corrected chi connectivity index (χ4v) is 5.26. The predicted octanol–water partition coefficient (Wildman–Crippen LogP) is 1.42. The highest BCUT2D eigenvalue weighted by atomic mass is 32.2. The highest BCUT2D eigenvalue weighted by Crippen LogP contribution is 2.27. The Labute approximate surface area is 177 Å². The molecule has 8 heteroatoms. The van der Waals surface area contributed by atoms with Crippen LogP contribution in [0.2, 0.25) is 0 Å². The number of aryl methyl sites for hydroxylation is 1. The van der Waals surface area contributed by atoms with Crippen molar-refractivity contribution >= 4 is 15.9 Å². The van der Waals surface area contributed by atoms with E-state index in [1.54, 1.807) is 24.3 Å². The molecule has 1 fully saturated rings. The first-order valence-corrected chi connectivity index (χ1v) is 11.7. The molecule has 2 aromatic rings. The summed E-state index contributed by atoms with van der Waals surface area (Å²) in [6.45, 7) is 4.48. The van der Waals surface area contributed by atoms with Gasteiger partial charge in [0.15, 0.2) is 0 Å². The lowest BCUT2D eigenvalue weighted by molar-refractivity contribution is -0.122. The van der Waals surface area contributed by atoms with Crippen LogP contribution in [0.5, 0.6) is 5.75 Å². The van der Waals surface area contributed by atoms with E-state index in [0.29, 0.717) is 37.6 Å². The number of rotatable bonds is 6. The molecule has 30 heavy (non-hydrogen) atoms. The molecule has 0 spiro atoms. The first kappa shape index (κ1) is 20.8. The van der Waals surface area contributed by atoms with Gasteiger partial charge < -0.3 is 10.1 Å². The summed E-state index contributed by atoms with van der Waals surface area (Å²) in [6, 6.07) is 14.8. The number of hydrogen-bond donors (Lipinski definition) is 1. The monoisotopic (exact) mass is 429 g/mol. The molecule has 2 aromatic carbocycles. The number of fused-ring (bicyclic) bond motifs is 1. The second-order valence-corrected chi connectivity index (χ2v) is 9.79. The molecule has 2 aliphatic rings. The Hall–Kier alpha value is -2.42. The van der Waals surface area contributed by atoms with Crippen LogP contribution in [0.15, 0.2) is 53.4 Å². The van der Waals surface area contributed by atoms with E-state index in [-0.39, 0.29) is 18.6 Å². The molecule has 0 aliphatic carbocycles. The molecule has 1 saturated heterocycles. The topological polar surface area (TPSA) is 79.0 Å². The Kier molecular flexibility index (Phi) is 6.08.